The lowest BCUT2D eigenvalue weighted by Gasteiger charge is -2.08. The van der Waals surface area contributed by atoms with E-state index >= 15 is 0 Å². The summed E-state index contributed by atoms with van der Waals surface area (Å²) in [5.41, 5.74) is 5.12. The van der Waals surface area contributed by atoms with Crippen LogP contribution in [-0.2, 0) is 4.79 Å². The minimum atomic E-state index is -0.372. The highest BCUT2D eigenvalue weighted by molar-refractivity contribution is 9.11. The van der Waals surface area contributed by atoms with Crippen LogP contribution in [-0.4, -0.2) is 23.8 Å². The van der Waals surface area contributed by atoms with Gasteiger partial charge in [0.1, 0.15) is 11.5 Å². The second-order valence-electron chi connectivity index (χ2n) is 5.18. The fourth-order valence-corrected chi connectivity index (χ4v) is 3.06. The zero-order valence-electron chi connectivity index (χ0n) is 13.1. The number of ether oxygens (including phenoxy) is 1. The third-order valence-electron chi connectivity index (χ3n) is 3.15. The summed E-state index contributed by atoms with van der Waals surface area (Å²) in [6, 6.07) is 8.97. The van der Waals surface area contributed by atoms with E-state index < -0.39 is 0 Å². The number of carbonyl (C=O) groups is 1. The molecule has 7 heteroatoms. The van der Waals surface area contributed by atoms with Gasteiger partial charge >= 0.3 is 0 Å². The summed E-state index contributed by atoms with van der Waals surface area (Å²) in [6.45, 7) is 3.79. The number of hydrogen-bond acceptors (Lipinski definition) is 4. The van der Waals surface area contributed by atoms with Gasteiger partial charge in [-0.2, -0.15) is 5.10 Å². The van der Waals surface area contributed by atoms with Crippen molar-refractivity contribution in [3.8, 4) is 11.5 Å². The molecule has 0 aliphatic carbocycles. The molecule has 0 saturated carbocycles. The van der Waals surface area contributed by atoms with Crippen LogP contribution in [0, 0.1) is 13.8 Å². The molecule has 0 aliphatic rings. The third kappa shape index (κ3) is 5.07. The second-order valence-corrected chi connectivity index (χ2v) is 6.88. The van der Waals surface area contributed by atoms with E-state index in [0.29, 0.717) is 15.8 Å². The van der Waals surface area contributed by atoms with Gasteiger partial charge in [-0.15, -0.1) is 0 Å². The molecule has 0 aromatic heterocycles. The van der Waals surface area contributed by atoms with Gasteiger partial charge in [0.25, 0.3) is 5.91 Å². The molecule has 0 bridgehead atoms. The normalized spacial score (nSPS) is 10.8. The summed E-state index contributed by atoms with van der Waals surface area (Å²) in [4.78, 5) is 11.8. The summed E-state index contributed by atoms with van der Waals surface area (Å²) < 4.78 is 6.77. The van der Waals surface area contributed by atoms with Crippen LogP contribution < -0.4 is 10.2 Å². The molecule has 0 aliphatic heterocycles. The van der Waals surface area contributed by atoms with Crippen LogP contribution >= 0.6 is 31.9 Å². The first-order valence-corrected chi connectivity index (χ1v) is 8.65. The van der Waals surface area contributed by atoms with Crippen LogP contribution in [0.3, 0.4) is 0 Å². The molecule has 2 aromatic rings. The topological polar surface area (TPSA) is 70.9 Å². The van der Waals surface area contributed by atoms with E-state index in [9.17, 15) is 9.90 Å². The number of carbonyl (C=O) groups excluding carboxylic acids is 1. The summed E-state index contributed by atoms with van der Waals surface area (Å²) in [5.74, 6) is 0.383. The Bertz CT molecular complexity index is 792. The Morgan fingerprint density at radius 3 is 2.71 bits per heavy atom. The first-order chi connectivity index (χ1) is 11.4. The van der Waals surface area contributed by atoms with Gasteiger partial charge in [0, 0.05) is 10.0 Å². The van der Waals surface area contributed by atoms with E-state index in [0.717, 1.165) is 15.6 Å². The van der Waals surface area contributed by atoms with Gasteiger partial charge in [-0.1, -0.05) is 33.6 Å². The van der Waals surface area contributed by atoms with Crippen molar-refractivity contribution in [3.05, 3.63) is 56.0 Å². The van der Waals surface area contributed by atoms with E-state index in [2.05, 4.69) is 42.4 Å². The van der Waals surface area contributed by atoms with Crippen LogP contribution in [0.5, 0.6) is 11.5 Å². The van der Waals surface area contributed by atoms with Gasteiger partial charge < -0.3 is 9.84 Å². The van der Waals surface area contributed by atoms with Gasteiger partial charge in [0.15, 0.2) is 6.61 Å². The quantitative estimate of drug-likeness (QED) is 0.527. The molecule has 0 unspecified atom stereocenters. The van der Waals surface area contributed by atoms with Crippen LogP contribution in [0.25, 0.3) is 0 Å². The number of amides is 1. The molecule has 0 saturated heterocycles. The number of phenolic OH excluding ortho intramolecular Hbond substituents is 1. The Kier molecular flexibility index (Phi) is 6.39. The lowest BCUT2D eigenvalue weighted by molar-refractivity contribution is -0.123. The standard InChI is InChI=1S/C17H16Br2N2O3/c1-10-3-4-16(11(2)5-10)24-9-17(23)21-20-8-12-6-15(22)14(19)7-13(12)18/h3-8,22H,9H2,1-2H3,(H,21,23)/b20-8+. The number of aryl methyl sites for hydroxylation is 2. The van der Waals surface area contributed by atoms with Crippen molar-refractivity contribution in [1.82, 2.24) is 5.43 Å². The molecule has 2 N–H and O–H groups in total. The molecule has 24 heavy (non-hydrogen) atoms. The molecule has 5 nitrogen and oxygen atoms in total. The Morgan fingerprint density at radius 1 is 1.25 bits per heavy atom. The highest BCUT2D eigenvalue weighted by Gasteiger charge is 2.06. The molecule has 0 heterocycles. The van der Waals surface area contributed by atoms with E-state index in [1.54, 1.807) is 6.07 Å². The highest BCUT2D eigenvalue weighted by atomic mass is 79.9. The second kappa shape index (κ2) is 8.30. The molecular formula is C17H16Br2N2O3. The third-order valence-corrected chi connectivity index (χ3v) is 4.47. The minimum absolute atomic E-state index is 0.0872. The molecule has 2 rings (SSSR count). The van der Waals surface area contributed by atoms with Crippen LogP contribution in [0.15, 0.2) is 44.4 Å². The summed E-state index contributed by atoms with van der Waals surface area (Å²) in [7, 11) is 0. The fourth-order valence-electron chi connectivity index (χ4n) is 1.96. The molecule has 0 radical (unpaired) electrons. The molecule has 126 valence electrons. The summed E-state index contributed by atoms with van der Waals surface area (Å²) >= 11 is 6.57. The monoisotopic (exact) mass is 454 g/mol. The van der Waals surface area contributed by atoms with Crippen molar-refractivity contribution < 1.29 is 14.6 Å². The Balaban J connectivity index is 1.90. The van der Waals surface area contributed by atoms with Gasteiger partial charge in [0.2, 0.25) is 0 Å². The first-order valence-electron chi connectivity index (χ1n) is 7.07. The van der Waals surface area contributed by atoms with Gasteiger partial charge in [-0.25, -0.2) is 5.43 Å². The van der Waals surface area contributed by atoms with Crippen LogP contribution in [0.1, 0.15) is 16.7 Å². The Morgan fingerprint density at radius 2 is 2.00 bits per heavy atom. The van der Waals surface area contributed by atoms with Gasteiger partial charge in [0.05, 0.1) is 10.7 Å². The van der Waals surface area contributed by atoms with Crippen molar-refractivity contribution in [2.24, 2.45) is 5.10 Å². The molecule has 1 amide bonds. The zero-order chi connectivity index (χ0) is 17.7. The van der Waals surface area contributed by atoms with E-state index in [-0.39, 0.29) is 18.3 Å². The fraction of sp³-hybridized carbons (Fsp3) is 0.176. The number of phenols is 1. The summed E-state index contributed by atoms with van der Waals surface area (Å²) in [6.07, 6.45) is 1.44. The van der Waals surface area contributed by atoms with Crippen molar-refractivity contribution in [1.29, 1.82) is 0 Å². The lowest BCUT2D eigenvalue weighted by atomic mass is 10.1. The maximum atomic E-state index is 11.8. The number of hydrazone groups is 1. The Hall–Kier alpha value is -1.86. The van der Waals surface area contributed by atoms with Gasteiger partial charge in [-0.05, 0) is 53.5 Å². The lowest BCUT2D eigenvalue weighted by Crippen LogP contribution is -2.24. The smallest absolute Gasteiger partial charge is 0.277 e. The number of nitrogens with one attached hydrogen (secondary N) is 1. The van der Waals surface area contributed by atoms with E-state index in [1.165, 1.54) is 12.3 Å². The first kappa shape index (κ1) is 18.5. The van der Waals surface area contributed by atoms with Crippen molar-refractivity contribution in [2.45, 2.75) is 13.8 Å². The minimum Gasteiger partial charge on any atom is -0.507 e. The maximum Gasteiger partial charge on any atom is 0.277 e. The molecule has 0 fully saturated rings. The van der Waals surface area contributed by atoms with Gasteiger partial charge in [-0.3, -0.25) is 4.79 Å². The van der Waals surface area contributed by atoms with Crippen LogP contribution in [0.4, 0.5) is 0 Å². The number of aromatic hydroxyl groups is 1. The molecule has 0 atom stereocenters. The summed E-state index contributed by atoms with van der Waals surface area (Å²) in [5, 5.41) is 13.5. The predicted octanol–water partition coefficient (Wildman–Crippen LogP) is 4.06. The number of rotatable bonds is 5. The van der Waals surface area contributed by atoms with E-state index in [1.807, 2.05) is 32.0 Å². The predicted molar refractivity (Wildman–Crippen MR) is 101 cm³/mol. The zero-order valence-corrected chi connectivity index (χ0v) is 16.3. The SMILES string of the molecule is Cc1ccc(OCC(=O)N/N=C/c2cc(O)c(Br)cc2Br)c(C)c1. The number of hydrogen-bond donors (Lipinski definition) is 2. The largest absolute Gasteiger partial charge is 0.507 e. The highest BCUT2D eigenvalue weighted by Crippen LogP contribution is 2.29. The number of halogens is 2. The average Bonchev–Trinajstić information content (AvgIpc) is 2.51. The maximum absolute atomic E-state index is 11.8. The Labute approximate surface area is 157 Å². The van der Waals surface area contributed by atoms with Crippen molar-refractivity contribution in [3.63, 3.8) is 0 Å². The van der Waals surface area contributed by atoms with Crippen molar-refractivity contribution >= 4 is 44.0 Å². The molecule has 0 spiro atoms. The van der Waals surface area contributed by atoms with E-state index in [4.69, 9.17) is 4.74 Å². The number of benzene rings is 2. The van der Waals surface area contributed by atoms with Crippen LogP contribution in [0.2, 0.25) is 0 Å². The number of nitrogens with zero attached hydrogens (tertiary/aromatic N) is 1. The molecule has 2 aromatic carbocycles. The van der Waals surface area contributed by atoms with Crippen molar-refractivity contribution in [2.75, 3.05) is 6.61 Å². The molecular weight excluding hydrogens is 440 g/mol. The average molecular weight is 456 g/mol.